The van der Waals surface area contributed by atoms with Crippen molar-refractivity contribution in [2.24, 2.45) is 5.92 Å². The lowest BCUT2D eigenvalue weighted by molar-refractivity contribution is -0.274. The van der Waals surface area contributed by atoms with Gasteiger partial charge in [0.25, 0.3) is 0 Å². The van der Waals surface area contributed by atoms with E-state index in [0.29, 0.717) is 12.8 Å². The van der Waals surface area contributed by atoms with Crippen LogP contribution in [0, 0.1) is 5.92 Å². The van der Waals surface area contributed by atoms with Crippen molar-refractivity contribution < 1.29 is 22.7 Å². The Morgan fingerprint density at radius 1 is 1.16 bits per heavy atom. The monoisotopic (exact) mass is 272 g/mol. The summed E-state index contributed by atoms with van der Waals surface area (Å²) in [6, 6.07) is 5.75. The Labute approximate surface area is 109 Å². The molecule has 1 aliphatic carbocycles. The van der Waals surface area contributed by atoms with Crippen molar-refractivity contribution in [3.63, 3.8) is 0 Å². The summed E-state index contributed by atoms with van der Waals surface area (Å²) in [6.45, 7) is 0. The molecule has 19 heavy (non-hydrogen) atoms. The number of ether oxygens (including phenoxy) is 1. The SMILES string of the molecule is O=C1CCCCC1Cc1ccc(OC(F)(F)F)cc1. The second kappa shape index (κ2) is 5.63. The van der Waals surface area contributed by atoms with Gasteiger partial charge in [-0.25, -0.2) is 0 Å². The molecule has 0 aromatic heterocycles. The molecule has 1 unspecified atom stereocenters. The molecule has 1 saturated carbocycles. The lowest BCUT2D eigenvalue weighted by atomic mass is 9.84. The van der Waals surface area contributed by atoms with Crippen molar-refractivity contribution in [1.29, 1.82) is 0 Å². The molecule has 5 heteroatoms. The Kier molecular flexibility index (Phi) is 4.12. The van der Waals surface area contributed by atoms with Crippen LogP contribution in [0.25, 0.3) is 0 Å². The number of ketones is 1. The first-order valence-corrected chi connectivity index (χ1v) is 6.31. The van der Waals surface area contributed by atoms with Crippen molar-refractivity contribution in [2.45, 2.75) is 38.5 Å². The first kappa shape index (κ1) is 13.9. The van der Waals surface area contributed by atoms with E-state index in [9.17, 15) is 18.0 Å². The lowest BCUT2D eigenvalue weighted by Gasteiger charge is -2.20. The Morgan fingerprint density at radius 3 is 2.42 bits per heavy atom. The summed E-state index contributed by atoms with van der Waals surface area (Å²) in [5, 5.41) is 0. The Bertz CT molecular complexity index is 437. The standard InChI is InChI=1S/C14H15F3O2/c15-14(16,17)19-12-7-5-10(6-8-12)9-11-3-1-2-4-13(11)18/h5-8,11H,1-4,9H2. The number of carbonyl (C=O) groups is 1. The highest BCUT2D eigenvalue weighted by atomic mass is 19.4. The molecule has 1 fully saturated rings. The highest BCUT2D eigenvalue weighted by Crippen LogP contribution is 2.26. The summed E-state index contributed by atoms with van der Waals surface area (Å²) in [4.78, 5) is 11.7. The number of halogens is 3. The molecule has 0 aliphatic heterocycles. The predicted octanol–water partition coefficient (Wildman–Crippen LogP) is 3.89. The van der Waals surface area contributed by atoms with E-state index in [2.05, 4.69) is 4.74 Å². The van der Waals surface area contributed by atoms with Gasteiger partial charge in [0.05, 0.1) is 0 Å². The van der Waals surface area contributed by atoms with E-state index in [0.717, 1.165) is 24.8 Å². The van der Waals surface area contributed by atoms with Crippen LogP contribution in [0.5, 0.6) is 5.75 Å². The molecule has 0 radical (unpaired) electrons. The van der Waals surface area contributed by atoms with E-state index in [-0.39, 0.29) is 17.5 Å². The molecule has 2 rings (SSSR count). The average Bonchev–Trinajstić information content (AvgIpc) is 2.33. The average molecular weight is 272 g/mol. The van der Waals surface area contributed by atoms with Gasteiger partial charge in [-0.1, -0.05) is 18.6 Å². The molecular formula is C14H15F3O2. The Balaban J connectivity index is 1.96. The normalized spacial score (nSPS) is 20.4. The molecule has 0 bridgehead atoms. The van der Waals surface area contributed by atoms with Crippen LogP contribution in [0.1, 0.15) is 31.2 Å². The molecule has 0 spiro atoms. The predicted molar refractivity (Wildman–Crippen MR) is 63.8 cm³/mol. The number of hydrogen-bond acceptors (Lipinski definition) is 2. The lowest BCUT2D eigenvalue weighted by Crippen LogP contribution is -2.21. The van der Waals surface area contributed by atoms with E-state index in [1.165, 1.54) is 12.1 Å². The van der Waals surface area contributed by atoms with Gasteiger partial charge in [-0.05, 0) is 37.0 Å². The zero-order valence-electron chi connectivity index (χ0n) is 10.4. The summed E-state index contributed by atoms with van der Waals surface area (Å²) in [7, 11) is 0. The van der Waals surface area contributed by atoms with Gasteiger partial charge in [0.15, 0.2) is 0 Å². The third-order valence-electron chi connectivity index (χ3n) is 3.32. The van der Waals surface area contributed by atoms with Crippen LogP contribution < -0.4 is 4.74 Å². The summed E-state index contributed by atoms with van der Waals surface area (Å²) >= 11 is 0. The van der Waals surface area contributed by atoms with Crippen LogP contribution in [0.4, 0.5) is 13.2 Å². The molecule has 0 amide bonds. The minimum absolute atomic E-state index is 0.0168. The molecule has 1 atom stereocenters. The summed E-state index contributed by atoms with van der Waals surface area (Å²) in [5.41, 5.74) is 0.870. The van der Waals surface area contributed by atoms with Crippen molar-refractivity contribution in [1.82, 2.24) is 0 Å². The number of hydrogen-bond donors (Lipinski definition) is 0. The van der Waals surface area contributed by atoms with Crippen molar-refractivity contribution >= 4 is 5.78 Å². The largest absolute Gasteiger partial charge is 0.573 e. The highest BCUT2D eigenvalue weighted by Gasteiger charge is 2.31. The van der Waals surface area contributed by atoms with Gasteiger partial charge in [0.1, 0.15) is 11.5 Å². The Morgan fingerprint density at radius 2 is 1.84 bits per heavy atom. The zero-order chi connectivity index (χ0) is 13.9. The molecule has 2 nitrogen and oxygen atoms in total. The third-order valence-corrected chi connectivity index (χ3v) is 3.32. The summed E-state index contributed by atoms with van der Waals surface area (Å²) in [6.07, 6.45) is -0.565. The molecule has 1 aromatic rings. The number of Topliss-reactive ketones (excluding diaryl/α,β-unsaturated/α-hetero) is 1. The van der Waals surface area contributed by atoms with Crippen LogP contribution in [0.2, 0.25) is 0 Å². The van der Waals surface area contributed by atoms with Crippen LogP contribution >= 0.6 is 0 Å². The molecule has 0 saturated heterocycles. The van der Waals surface area contributed by atoms with Crippen LogP contribution in [-0.4, -0.2) is 12.1 Å². The highest BCUT2D eigenvalue weighted by molar-refractivity contribution is 5.81. The maximum Gasteiger partial charge on any atom is 0.573 e. The maximum atomic E-state index is 12.0. The number of rotatable bonds is 3. The zero-order valence-corrected chi connectivity index (χ0v) is 10.4. The minimum atomic E-state index is -4.67. The fourth-order valence-corrected chi connectivity index (χ4v) is 2.38. The fourth-order valence-electron chi connectivity index (χ4n) is 2.38. The molecule has 1 aliphatic rings. The van der Waals surface area contributed by atoms with Gasteiger partial charge in [0.2, 0.25) is 0 Å². The first-order chi connectivity index (χ1) is 8.94. The van der Waals surface area contributed by atoms with Crippen LogP contribution in [0.3, 0.4) is 0 Å². The number of carbonyl (C=O) groups excluding carboxylic acids is 1. The molecule has 0 heterocycles. The molecule has 1 aromatic carbocycles. The van der Waals surface area contributed by atoms with E-state index in [4.69, 9.17) is 0 Å². The van der Waals surface area contributed by atoms with Crippen LogP contribution in [-0.2, 0) is 11.2 Å². The molecule has 0 N–H and O–H groups in total. The van der Waals surface area contributed by atoms with Gasteiger partial charge in [-0.2, -0.15) is 0 Å². The van der Waals surface area contributed by atoms with Gasteiger partial charge >= 0.3 is 6.36 Å². The topological polar surface area (TPSA) is 26.3 Å². The summed E-state index contributed by atoms with van der Waals surface area (Å²) < 4.78 is 39.8. The fraction of sp³-hybridized carbons (Fsp3) is 0.500. The van der Waals surface area contributed by atoms with E-state index >= 15 is 0 Å². The van der Waals surface area contributed by atoms with E-state index in [1.54, 1.807) is 12.1 Å². The smallest absolute Gasteiger partial charge is 0.406 e. The van der Waals surface area contributed by atoms with Gasteiger partial charge in [0, 0.05) is 12.3 Å². The second-order valence-corrected chi connectivity index (χ2v) is 4.80. The maximum absolute atomic E-state index is 12.0. The number of benzene rings is 1. The number of alkyl halides is 3. The third kappa shape index (κ3) is 4.26. The molecular weight excluding hydrogens is 257 g/mol. The van der Waals surface area contributed by atoms with Crippen molar-refractivity contribution in [3.05, 3.63) is 29.8 Å². The van der Waals surface area contributed by atoms with Crippen LogP contribution in [0.15, 0.2) is 24.3 Å². The first-order valence-electron chi connectivity index (χ1n) is 6.31. The van der Waals surface area contributed by atoms with Gasteiger partial charge in [-0.3, -0.25) is 4.79 Å². The molecule has 104 valence electrons. The van der Waals surface area contributed by atoms with Gasteiger partial charge in [-0.15, -0.1) is 13.2 Å². The minimum Gasteiger partial charge on any atom is -0.406 e. The van der Waals surface area contributed by atoms with Crippen molar-refractivity contribution in [3.8, 4) is 5.75 Å². The Hall–Kier alpha value is -1.52. The van der Waals surface area contributed by atoms with Gasteiger partial charge < -0.3 is 4.74 Å². The second-order valence-electron chi connectivity index (χ2n) is 4.80. The summed E-state index contributed by atoms with van der Waals surface area (Å²) in [5.74, 6) is 0.0521. The van der Waals surface area contributed by atoms with E-state index in [1.807, 2.05) is 0 Å². The quantitative estimate of drug-likeness (QED) is 0.834. The van der Waals surface area contributed by atoms with Crippen molar-refractivity contribution in [2.75, 3.05) is 0 Å². The van der Waals surface area contributed by atoms with E-state index < -0.39 is 6.36 Å².